The van der Waals surface area contributed by atoms with E-state index in [0.717, 1.165) is 38.3 Å². The van der Waals surface area contributed by atoms with Crippen molar-refractivity contribution in [2.75, 3.05) is 52.5 Å². The van der Waals surface area contributed by atoms with E-state index in [2.05, 4.69) is 24.1 Å². The number of nitrogens with one attached hydrogen (secondary N) is 1. The van der Waals surface area contributed by atoms with Crippen molar-refractivity contribution in [1.29, 1.82) is 0 Å². The van der Waals surface area contributed by atoms with Crippen molar-refractivity contribution in [2.24, 2.45) is 5.92 Å². The first-order valence-corrected chi connectivity index (χ1v) is 9.74. The highest BCUT2D eigenvalue weighted by molar-refractivity contribution is 6.32. The van der Waals surface area contributed by atoms with Gasteiger partial charge in [-0.1, -0.05) is 25.4 Å². The number of hydrogen-bond acceptors (Lipinski definition) is 4. The van der Waals surface area contributed by atoms with Crippen LogP contribution in [0.1, 0.15) is 19.4 Å². The van der Waals surface area contributed by atoms with E-state index < -0.39 is 0 Å². The van der Waals surface area contributed by atoms with Gasteiger partial charge in [0.1, 0.15) is 13.2 Å². The largest absolute Gasteiger partial charge is 0.486 e. The first kappa shape index (κ1) is 19.1. The van der Waals surface area contributed by atoms with Crippen molar-refractivity contribution >= 4 is 17.6 Å². The maximum Gasteiger partial charge on any atom is 0.317 e. The third-order valence-electron chi connectivity index (χ3n) is 4.63. The summed E-state index contributed by atoms with van der Waals surface area (Å²) in [6.45, 7) is 10.6. The number of carbonyl (C=O) groups excluding carboxylic acids is 1. The Hall–Kier alpha value is -1.66. The zero-order valence-corrected chi connectivity index (χ0v) is 16.3. The summed E-state index contributed by atoms with van der Waals surface area (Å²) in [4.78, 5) is 16.7. The Labute approximate surface area is 160 Å². The molecule has 1 saturated heterocycles. The van der Waals surface area contributed by atoms with Gasteiger partial charge in [0.15, 0.2) is 11.5 Å². The second kappa shape index (κ2) is 8.82. The minimum absolute atomic E-state index is 0.0119. The SMILES string of the molecule is CC(C)CN1CCN(C(=O)NCCc2cc(Cl)c3c(c2)OCCO3)CC1. The highest BCUT2D eigenvalue weighted by atomic mass is 35.5. The topological polar surface area (TPSA) is 54.0 Å². The van der Waals surface area contributed by atoms with Gasteiger partial charge in [-0.05, 0) is 30.0 Å². The van der Waals surface area contributed by atoms with Crippen LogP contribution in [0.2, 0.25) is 5.02 Å². The molecule has 0 aromatic heterocycles. The fraction of sp³-hybridized carbons (Fsp3) is 0.632. The molecule has 0 unspecified atom stereocenters. The van der Waals surface area contributed by atoms with E-state index >= 15 is 0 Å². The average Bonchev–Trinajstić information content (AvgIpc) is 2.62. The van der Waals surface area contributed by atoms with Gasteiger partial charge in [-0.25, -0.2) is 4.79 Å². The Morgan fingerprint density at radius 1 is 1.19 bits per heavy atom. The molecule has 26 heavy (non-hydrogen) atoms. The number of halogens is 1. The maximum absolute atomic E-state index is 12.3. The van der Waals surface area contributed by atoms with Crippen LogP contribution in [0, 0.1) is 5.92 Å². The highest BCUT2D eigenvalue weighted by Gasteiger charge is 2.21. The summed E-state index contributed by atoms with van der Waals surface area (Å²) in [5.41, 5.74) is 1.03. The maximum atomic E-state index is 12.3. The fourth-order valence-electron chi connectivity index (χ4n) is 3.38. The van der Waals surface area contributed by atoms with Crippen LogP contribution in [0.15, 0.2) is 12.1 Å². The Bertz CT molecular complexity index is 631. The summed E-state index contributed by atoms with van der Waals surface area (Å²) in [7, 11) is 0. The summed E-state index contributed by atoms with van der Waals surface area (Å²) in [5, 5.41) is 3.57. The number of piperazine rings is 1. The smallest absolute Gasteiger partial charge is 0.317 e. The number of hydrogen-bond donors (Lipinski definition) is 1. The van der Waals surface area contributed by atoms with Crippen LogP contribution in [-0.2, 0) is 6.42 Å². The molecule has 1 N–H and O–H groups in total. The molecule has 2 aliphatic rings. The molecule has 6 nitrogen and oxygen atoms in total. The Balaban J connectivity index is 1.44. The Kier molecular flexibility index (Phi) is 6.48. The minimum Gasteiger partial charge on any atom is -0.486 e. The Morgan fingerprint density at radius 3 is 2.65 bits per heavy atom. The molecule has 1 fully saturated rings. The molecule has 1 aromatic rings. The second-order valence-electron chi connectivity index (χ2n) is 7.27. The third-order valence-corrected chi connectivity index (χ3v) is 4.91. The van der Waals surface area contributed by atoms with Crippen molar-refractivity contribution in [1.82, 2.24) is 15.1 Å². The molecule has 2 amide bonds. The quantitative estimate of drug-likeness (QED) is 0.851. The number of carbonyl (C=O) groups is 1. The van der Waals surface area contributed by atoms with Crippen molar-refractivity contribution in [2.45, 2.75) is 20.3 Å². The molecule has 3 rings (SSSR count). The summed E-state index contributed by atoms with van der Waals surface area (Å²) in [6, 6.07) is 3.83. The standard InChI is InChI=1S/C19H28ClN3O3/c1-14(2)13-22-5-7-23(8-6-22)19(24)21-4-3-15-11-16(20)18-17(12-15)25-9-10-26-18/h11-12,14H,3-10,13H2,1-2H3,(H,21,24). The van der Waals surface area contributed by atoms with Crippen LogP contribution in [0.4, 0.5) is 4.79 Å². The first-order chi connectivity index (χ1) is 12.5. The van der Waals surface area contributed by atoms with E-state index in [4.69, 9.17) is 21.1 Å². The van der Waals surface area contributed by atoms with Crippen LogP contribution in [-0.4, -0.2) is 68.3 Å². The van der Waals surface area contributed by atoms with Crippen LogP contribution in [0.25, 0.3) is 0 Å². The van der Waals surface area contributed by atoms with E-state index in [9.17, 15) is 4.79 Å². The van der Waals surface area contributed by atoms with Crippen LogP contribution in [0.5, 0.6) is 11.5 Å². The van der Waals surface area contributed by atoms with Gasteiger partial charge in [0.25, 0.3) is 0 Å². The van der Waals surface area contributed by atoms with E-state index in [1.165, 1.54) is 0 Å². The molecule has 0 radical (unpaired) electrons. The molecule has 0 saturated carbocycles. The van der Waals surface area contributed by atoms with Crippen molar-refractivity contribution in [3.05, 3.63) is 22.7 Å². The molecule has 2 heterocycles. The second-order valence-corrected chi connectivity index (χ2v) is 7.67. The normalized spacial score (nSPS) is 17.5. The molecule has 0 atom stereocenters. The van der Waals surface area contributed by atoms with Gasteiger partial charge >= 0.3 is 6.03 Å². The van der Waals surface area contributed by atoms with Crippen LogP contribution >= 0.6 is 11.6 Å². The van der Waals surface area contributed by atoms with E-state index in [-0.39, 0.29) is 6.03 Å². The summed E-state index contributed by atoms with van der Waals surface area (Å²) >= 11 is 6.25. The van der Waals surface area contributed by atoms with Crippen molar-refractivity contribution in [3.8, 4) is 11.5 Å². The molecule has 0 bridgehead atoms. The third kappa shape index (κ3) is 4.95. The molecular weight excluding hydrogens is 354 g/mol. The molecule has 7 heteroatoms. The lowest BCUT2D eigenvalue weighted by atomic mass is 10.1. The molecule has 2 aliphatic heterocycles. The number of urea groups is 1. The number of benzene rings is 1. The lowest BCUT2D eigenvalue weighted by Crippen LogP contribution is -2.52. The van der Waals surface area contributed by atoms with Gasteiger partial charge in [0.2, 0.25) is 0 Å². The zero-order valence-electron chi connectivity index (χ0n) is 15.6. The summed E-state index contributed by atoms with van der Waals surface area (Å²) in [6.07, 6.45) is 0.704. The van der Waals surface area contributed by atoms with E-state index in [1.54, 1.807) is 0 Å². The number of fused-ring (bicyclic) bond motifs is 1. The molecule has 1 aromatic carbocycles. The number of nitrogens with zero attached hydrogens (tertiary/aromatic N) is 2. The average molecular weight is 382 g/mol. The zero-order chi connectivity index (χ0) is 18.5. The van der Waals surface area contributed by atoms with Gasteiger partial charge in [0, 0.05) is 39.3 Å². The number of ether oxygens (including phenoxy) is 2. The monoisotopic (exact) mass is 381 g/mol. The van der Waals surface area contributed by atoms with Gasteiger partial charge in [-0.2, -0.15) is 0 Å². The van der Waals surface area contributed by atoms with Crippen LogP contribution < -0.4 is 14.8 Å². The predicted molar refractivity (Wildman–Crippen MR) is 102 cm³/mol. The number of rotatable bonds is 5. The van der Waals surface area contributed by atoms with E-state index in [0.29, 0.717) is 48.6 Å². The minimum atomic E-state index is 0.0119. The van der Waals surface area contributed by atoms with E-state index in [1.807, 2.05) is 17.0 Å². The molecule has 0 aliphatic carbocycles. The summed E-state index contributed by atoms with van der Waals surface area (Å²) in [5.74, 6) is 1.96. The van der Waals surface area contributed by atoms with Crippen LogP contribution in [0.3, 0.4) is 0 Å². The highest BCUT2D eigenvalue weighted by Crippen LogP contribution is 2.38. The van der Waals surface area contributed by atoms with Gasteiger partial charge in [-0.15, -0.1) is 0 Å². The fourth-order valence-corrected chi connectivity index (χ4v) is 3.67. The van der Waals surface area contributed by atoms with Crippen molar-refractivity contribution in [3.63, 3.8) is 0 Å². The molecular formula is C19H28ClN3O3. The molecule has 0 spiro atoms. The Morgan fingerprint density at radius 2 is 1.92 bits per heavy atom. The van der Waals surface area contributed by atoms with Crippen molar-refractivity contribution < 1.29 is 14.3 Å². The predicted octanol–water partition coefficient (Wildman–Crippen LogP) is 2.64. The lowest BCUT2D eigenvalue weighted by molar-refractivity contribution is 0.131. The van der Waals surface area contributed by atoms with Gasteiger partial charge in [-0.3, -0.25) is 4.90 Å². The lowest BCUT2D eigenvalue weighted by Gasteiger charge is -2.35. The van der Waals surface area contributed by atoms with Gasteiger partial charge in [0.05, 0.1) is 5.02 Å². The summed E-state index contributed by atoms with van der Waals surface area (Å²) < 4.78 is 11.1. The number of amides is 2. The van der Waals surface area contributed by atoms with Gasteiger partial charge < -0.3 is 19.7 Å². The molecule has 144 valence electrons. The first-order valence-electron chi connectivity index (χ1n) is 9.36.